The molecule has 0 amide bonds. The summed E-state index contributed by atoms with van der Waals surface area (Å²) in [7, 11) is 1.32. The van der Waals surface area contributed by atoms with Gasteiger partial charge in [0.15, 0.2) is 0 Å². The van der Waals surface area contributed by atoms with Gasteiger partial charge in [-0.15, -0.1) is 0 Å². The van der Waals surface area contributed by atoms with Crippen molar-refractivity contribution < 1.29 is 9.53 Å². The summed E-state index contributed by atoms with van der Waals surface area (Å²) in [4.78, 5) is 15.1. The second-order valence-electron chi connectivity index (χ2n) is 2.17. The van der Waals surface area contributed by atoms with Crippen LogP contribution in [0, 0.1) is 3.57 Å². The highest BCUT2D eigenvalue weighted by Gasteiger charge is 2.17. The molecule has 0 unspecified atom stereocenters. The number of methoxy groups -OCH3 is 1. The van der Waals surface area contributed by atoms with Gasteiger partial charge in [-0.25, -0.2) is 9.78 Å². The maximum absolute atomic E-state index is 11.3. The third kappa shape index (κ3) is 2.11. The van der Waals surface area contributed by atoms with Gasteiger partial charge in [0.1, 0.15) is 5.82 Å². The minimum atomic E-state index is -0.426. The second kappa shape index (κ2) is 4.23. The predicted octanol–water partition coefficient (Wildman–Crippen LogP) is 1.82. The Morgan fingerprint density at radius 1 is 1.77 bits per heavy atom. The Labute approximate surface area is 97.1 Å². The first-order valence-electron chi connectivity index (χ1n) is 3.25. The third-order valence-corrected chi connectivity index (χ3v) is 3.08. The summed E-state index contributed by atoms with van der Waals surface area (Å²) in [6, 6.07) is 0. The van der Waals surface area contributed by atoms with E-state index >= 15 is 0 Å². The van der Waals surface area contributed by atoms with Crippen LogP contribution in [0.4, 0.5) is 5.82 Å². The average Bonchev–Trinajstić information content (AvgIpc) is 2.12. The Balaban J connectivity index is 3.33. The first-order chi connectivity index (χ1) is 6.07. The van der Waals surface area contributed by atoms with Crippen molar-refractivity contribution in [2.45, 2.75) is 0 Å². The summed E-state index contributed by atoms with van der Waals surface area (Å²) in [5.41, 5.74) is 5.95. The number of anilines is 1. The van der Waals surface area contributed by atoms with E-state index < -0.39 is 5.97 Å². The number of aromatic nitrogens is 1. The monoisotopic (exact) mass is 356 g/mol. The van der Waals surface area contributed by atoms with E-state index in [2.05, 4.69) is 25.7 Å². The number of rotatable bonds is 1. The molecule has 0 radical (unpaired) electrons. The fourth-order valence-corrected chi connectivity index (χ4v) is 2.25. The van der Waals surface area contributed by atoms with E-state index in [1.165, 1.54) is 13.3 Å². The van der Waals surface area contributed by atoms with Crippen molar-refractivity contribution in [1.29, 1.82) is 0 Å². The molecule has 0 bridgehead atoms. The number of carbonyl (C=O) groups is 1. The molecule has 0 aliphatic rings. The fraction of sp³-hybridized carbons (Fsp3) is 0.143. The molecule has 0 saturated carbocycles. The molecule has 4 nitrogen and oxygen atoms in total. The number of esters is 1. The van der Waals surface area contributed by atoms with Crippen molar-refractivity contribution in [3.63, 3.8) is 0 Å². The molecule has 1 aromatic heterocycles. The molecule has 0 aliphatic carbocycles. The lowest BCUT2D eigenvalue weighted by atomic mass is 10.2. The number of nitrogens with two attached hydrogens (primary N) is 1. The number of pyridine rings is 1. The lowest BCUT2D eigenvalue weighted by Crippen LogP contribution is -2.08. The van der Waals surface area contributed by atoms with Crippen LogP contribution < -0.4 is 5.73 Å². The molecule has 13 heavy (non-hydrogen) atoms. The Bertz CT molecular complexity index is 357. The lowest BCUT2D eigenvalue weighted by molar-refractivity contribution is 0.0598. The summed E-state index contributed by atoms with van der Waals surface area (Å²) in [5.74, 6) is -0.102. The molecule has 70 valence electrons. The Morgan fingerprint density at radius 2 is 2.38 bits per heavy atom. The summed E-state index contributed by atoms with van der Waals surface area (Å²) in [6.07, 6.45) is 1.48. The van der Waals surface area contributed by atoms with Gasteiger partial charge in [-0.3, -0.25) is 0 Å². The molecule has 2 N–H and O–H groups in total. The van der Waals surface area contributed by atoms with Crippen LogP contribution in [0.3, 0.4) is 0 Å². The molecule has 0 aromatic carbocycles. The standard InChI is InChI=1S/C7H6BrIN2O2/c1-13-7(12)4-3(8)2-11-6(10)5(4)9/h2H,1H3,(H2,10,11). The van der Waals surface area contributed by atoms with Crippen LogP contribution in [0.5, 0.6) is 0 Å². The second-order valence-corrected chi connectivity index (χ2v) is 4.11. The smallest absolute Gasteiger partial charge is 0.340 e. The zero-order valence-electron chi connectivity index (χ0n) is 6.67. The summed E-state index contributed by atoms with van der Waals surface area (Å²) >= 11 is 5.15. The van der Waals surface area contributed by atoms with Gasteiger partial charge in [-0.2, -0.15) is 0 Å². The van der Waals surface area contributed by atoms with Gasteiger partial charge in [0.2, 0.25) is 0 Å². The zero-order valence-corrected chi connectivity index (χ0v) is 10.4. The molecule has 0 aliphatic heterocycles. The molecule has 1 rings (SSSR count). The largest absolute Gasteiger partial charge is 0.465 e. The van der Waals surface area contributed by atoms with Crippen LogP contribution in [0.2, 0.25) is 0 Å². The van der Waals surface area contributed by atoms with E-state index in [1.807, 2.05) is 22.6 Å². The number of halogens is 2. The quantitative estimate of drug-likeness (QED) is 0.615. The van der Waals surface area contributed by atoms with Crippen LogP contribution in [0.25, 0.3) is 0 Å². The molecule has 6 heteroatoms. The Hall–Kier alpha value is -0.370. The topological polar surface area (TPSA) is 65.2 Å². The number of nitrogen functional groups attached to an aromatic ring is 1. The minimum Gasteiger partial charge on any atom is -0.465 e. The van der Waals surface area contributed by atoms with Crippen LogP contribution in [0.15, 0.2) is 10.7 Å². The van der Waals surface area contributed by atoms with Crippen molar-refractivity contribution in [3.05, 3.63) is 19.8 Å². The number of ether oxygens (including phenoxy) is 1. The van der Waals surface area contributed by atoms with E-state index in [0.29, 0.717) is 19.4 Å². The number of carbonyl (C=O) groups excluding carboxylic acids is 1. The van der Waals surface area contributed by atoms with E-state index in [-0.39, 0.29) is 0 Å². The molecule has 1 aromatic rings. The van der Waals surface area contributed by atoms with Gasteiger partial charge in [-0.05, 0) is 38.5 Å². The van der Waals surface area contributed by atoms with Crippen molar-refractivity contribution in [2.75, 3.05) is 12.8 Å². The van der Waals surface area contributed by atoms with E-state index in [4.69, 9.17) is 5.73 Å². The lowest BCUT2D eigenvalue weighted by Gasteiger charge is -2.05. The number of hydrogen-bond donors (Lipinski definition) is 1. The molecule has 0 saturated heterocycles. The van der Waals surface area contributed by atoms with Crippen molar-refractivity contribution >= 4 is 50.3 Å². The summed E-state index contributed by atoms with van der Waals surface area (Å²) in [6.45, 7) is 0. The van der Waals surface area contributed by atoms with Gasteiger partial charge in [0.05, 0.1) is 20.7 Å². The first kappa shape index (κ1) is 10.7. The maximum Gasteiger partial charge on any atom is 0.340 e. The molecular weight excluding hydrogens is 351 g/mol. The molecule has 0 fully saturated rings. The van der Waals surface area contributed by atoms with Gasteiger partial charge in [-0.1, -0.05) is 0 Å². The summed E-state index contributed by atoms with van der Waals surface area (Å²) in [5, 5.41) is 0. The first-order valence-corrected chi connectivity index (χ1v) is 5.13. The average molecular weight is 357 g/mol. The van der Waals surface area contributed by atoms with E-state index in [0.717, 1.165) is 0 Å². The highest BCUT2D eigenvalue weighted by Crippen LogP contribution is 2.25. The van der Waals surface area contributed by atoms with Gasteiger partial charge >= 0.3 is 5.97 Å². The zero-order chi connectivity index (χ0) is 10.0. The number of nitrogens with zero attached hydrogens (tertiary/aromatic N) is 1. The molecular formula is C7H6BrIN2O2. The highest BCUT2D eigenvalue weighted by atomic mass is 127. The van der Waals surface area contributed by atoms with E-state index in [9.17, 15) is 4.79 Å². The van der Waals surface area contributed by atoms with Crippen molar-refractivity contribution in [2.24, 2.45) is 0 Å². The van der Waals surface area contributed by atoms with E-state index in [1.54, 1.807) is 0 Å². The van der Waals surface area contributed by atoms with Crippen LogP contribution in [-0.2, 0) is 4.74 Å². The fourth-order valence-electron chi connectivity index (χ4n) is 0.770. The molecule has 0 atom stereocenters. The molecule has 1 heterocycles. The van der Waals surface area contributed by atoms with Crippen LogP contribution in [-0.4, -0.2) is 18.1 Å². The van der Waals surface area contributed by atoms with Crippen LogP contribution in [0.1, 0.15) is 10.4 Å². The summed E-state index contributed by atoms with van der Waals surface area (Å²) < 4.78 is 5.77. The highest BCUT2D eigenvalue weighted by molar-refractivity contribution is 14.1. The minimum absolute atomic E-state index is 0.323. The Kier molecular flexibility index (Phi) is 3.48. The van der Waals surface area contributed by atoms with Gasteiger partial charge in [0, 0.05) is 6.20 Å². The van der Waals surface area contributed by atoms with Crippen molar-refractivity contribution in [1.82, 2.24) is 4.98 Å². The van der Waals surface area contributed by atoms with Gasteiger partial charge in [0.25, 0.3) is 0 Å². The number of hydrogen-bond acceptors (Lipinski definition) is 4. The van der Waals surface area contributed by atoms with Crippen molar-refractivity contribution in [3.8, 4) is 0 Å². The normalized spacial score (nSPS) is 9.77. The SMILES string of the molecule is COC(=O)c1c(Br)cnc(N)c1I. The maximum atomic E-state index is 11.3. The van der Waals surface area contributed by atoms with Crippen LogP contribution >= 0.6 is 38.5 Å². The predicted molar refractivity (Wildman–Crippen MR) is 60.4 cm³/mol. The Morgan fingerprint density at radius 3 is 2.92 bits per heavy atom. The molecule has 0 spiro atoms. The van der Waals surface area contributed by atoms with Gasteiger partial charge < -0.3 is 10.5 Å². The third-order valence-electron chi connectivity index (χ3n) is 1.39.